The maximum absolute atomic E-state index is 13.7. The number of carbonyl (C=O) groups excluding carboxylic acids is 5. The van der Waals surface area contributed by atoms with Crippen molar-refractivity contribution in [3.8, 4) is 0 Å². The van der Waals surface area contributed by atoms with Crippen LogP contribution in [-0.4, -0.2) is 72.1 Å². The van der Waals surface area contributed by atoms with Crippen LogP contribution in [0.15, 0.2) is 60.7 Å². The Bertz CT molecular complexity index is 1300. The number of aliphatic hydroxyl groups excluding tert-OH is 1. The van der Waals surface area contributed by atoms with E-state index in [1.807, 2.05) is 13.0 Å². The predicted octanol–water partition coefficient (Wildman–Crippen LogP) is 4.13. The minimum atomic E-state index is -1.78. The van der Waals surface area contributed by atoms with Crippen LogP contribution in [0.5, 0.6) is 0 Å². The van der Waals surface area contributed by atoms with Gasteiger partial charge in [0.25, 0.3) is 5.91 Å². The molecule has 42 heavy (non-hydrogen) atoms. The molecule has 0 unspecified atom stereocenters. The van der Waals surface area contributed by atoms with Gasteiger partial charge in [0.05, 0.1) is 0 Å². The third-order valence-corrected chi connectivity index (χ3v) is 6.87. The van der Waals surface area contributed by atoms with Crippen LogP contribution >= 0.6 is 0 Å². The molecule has 1 aliphatic rings. The Kier molecular flexibility index (Phi) is 12.1. The van der Waals surface area contributed by atoms with Gasteiger partial charge in [-0.3, -0.25) is 19.2 Å². The number of nitrogens with zero attached hydrogens (tertiary/aromatic N) is 1. The van der Waals surface area contributed by atoms with E-state index in [0.717, 1.165) is 43.4 Å². The summed E-state index contributed by atoms with van der Waals surface area (Å²) < 4.78 is 15.8. The molecule has 3 atom stereocenters. The Hall–Kier alpha value is -4.15. The number of amides is 2. The van der Waals surface area contributed by atoms with Gasteiger partial charge in [0, 0.05) is 32.6 Å². The largest absolute Gasteiger partial charge is 0.451 e. The highest BCUT2D eigenvalue weighted by Crippen LogP contribution is 2.30. The van der Waals surface area contributed by atoms with E-state index in [4.69, 9.17) is 19.3 Å². The molecule has 2 aromatic carbocycles. The molecule has 1 aliphatic heterocycles. The number of unbranched alkanes of at least 4 members (excludes halogenated alkanes) is 3. The Balaban J connectivity index is 1.95. The number of hydrogen-bond acceptors (Lipinski definition) is 9. The number of aliphatic hydroxyl groups is 1. The normalized spacial score (nSPS) is 16.5. The highest BCUT2D eigenvalue weighted by molar-refractivity contribution is 6.25. The number of methoxy groups -OCH3 is 1. The van der Waals surface area contributed by atoms with E-state index in [1.165, 1.54) is 0 Å². The highest BCUT2D eigenvalue weighted by Gasteiger charge is 2.46. The van der Waals surface area contributed by atoms with Gasteiger partial charge >= 0.3 is 12.1 Å². The number of carbonyl (C=O) groups is 5. The van der Waals surface area contributed by atoms with Crippen molar-refractivity contribution in [2.75, 3.05) is 20.3 Å². The first-order valence-electron chi connectivity index (χ1n) is 13.9. The number of ketones is 2. The molecule has 2 aromatic rings. The highest BCUT2D eigenvalue weighted by atomic mass is 16.6. The number of cyclic esters (lactones) is 1. The van der Waals surface area contributed by atoms with Crippen LogP contribution in [0.3, 0.4) is 0 Å². The van der Waals surface area contributed by atoms with E-state index in [2.05, 4.69) is 0 Å². The van der Waals surface area contributed by atoms with Crippen molar-refractivity contribution in [3.63, 3.8) is 0 Å². The van der Waals surface area contributed by atoms with E-state index in [9.17, 15) is 24.0 Å². The minimum absolute atomic E-state index is 0.0784. The summed E-state index contributed by atoms with van der Waals surface area (Å²) in [5.41, 5.74) is 2.10. The lowest BCUT2D eigenvalue weighted by Gasteiger charge is -2.28. The summed E-state index contributed by atoms with van der Waals surface area (Å²) in [6.45, 7) is 2.91. The summed E-state index contributed by atoms with van der Waals surface area (Å²) in [7, 11) is 1.16. The fourth-order valence-electron chi connectivity index (χ4n) is 4.77. The summed E-state index contributed by atoms with van der Waals surface area (Å²) in [5, 5.41) is 9.00. The molecule has 0 aliphatic carbocycles. The molecule has 0 radical (unpaired) electrons. The first-order chi connectivity index (χ1) is 20.2. The molecule has 2 amide bonds. The first kappa shape index (κ1) is 32.4. The number of esters is 1. The zero-order valence-electron chi connectivity index (χ0n) is 24.1. The van der Waals surface area contributed by atoms with Crippen LogP contribution in [0, 0.1) is 6.92 Å². The van der Waals surface area contributed by atoms with E-state index in [-0.39, 0.29) is 31.0 Å². The molecule has 0 spiro atoms. The zero-order valence-corrected chi connectivity index (χ0v) is 24.1. The van der Waals surface area contributed by atoms with Gasteiger partial charge < -0.3 is 19.3 Å². The summed E-state index contributed by atoms with van der Waals surface area (Å²) in [6.07, 6.45) is -0.467. The fourth-order valence-corrected chi connectivity index (χ4v) is 4.77. The lowest BCUT2D eigenvalue weighted by Crippen LogP contribution is -2.51. The van der Waals surface area contributed by atoms with E-state index in [0.29, 0.717) is 24.0 Å². The van der Waals surface area contributed by atoms with Gasteiger partial charge in [0.2, 0.25) is 0 Å². The number of Topliss-reactive ketones (excluding diaryl/α,β-unsaturated/α-hetero) is 1. The molecule has 0 aromatic heterocycles. The van der Waals surface area contributed by atoms with Gasteiger partial charge in [-0.2, -0.15) is 0 Å². The molecule has 1 fully saturated rings. The number of rotatable bonds is 15. The summed E-state index contributed by atoms with van der Waals surface area (Å²) >= 11 is 0. The van der Waals surface area contributed by atoms with E-state index in [1.54, 1.807) is 48.5 Å². The number of hydrogen-bond donors (Lipinski definition) is 1. The number of benzene rings is 2. The Morgan fingerprint density at radius 1 is 1.02 bits per heavy atom. The number of imide groups is 1. The first-order valence-corrected chi connectivity index (χ1v) is 13.9. The molecule has 3 rings (SSSR count). The third-order valence-electron chi connectivity index (χ3n) is 6.87. The Labute approximate surface area is 245 Å². The van der Waals surface area contributed by atoms with E-state index < -0.39 is 42.0 Å². The summed E-state index contributed by atoms with van der Waals surface area (Å²) in [4.78, 5) is 66.4. The second kappa shape index (κ2) is 15.7. The molecule has 1 heterocycles. The molecular weight excluding hydrogens is 542 g/mol. The van der Waals surface area contributed by atoms with Gasteiger partial charge in [0.15, 0.2) is 23.8 Å². The van der Waals surface area contributed by atoms with Crippen LogP contribution < -0.4 is 0 Å². The molecule has 0 saturated carbocycles. The predicted molar refractivity (Wildman–Crippen MR) is 153 cm³/mol. The fraction of sp³-hybridized carbons (Fsp3) is 0.406. The average Bonchev–Trinajstić information content (AvgIpc) is 3.36. The average molecular weight is 580 g/mol. The summed E-state index contributed by atoms with van der Waals surface area (Å²) in [5.74, 6) is -2.92. The van der Waals surface area contributed by atoms with Gasteiger partial charge in [-0.15, -0.1) is 0 Å². The molecule has 10 heteroatoms. The van der Waals surface area contributed by atoms with Crippen LogP contribution in [0.4, 0.5) is 4.79 Å². The van der Waals surface area contributed by atoms with Crippen molar-refractivity contribution in [2.45, 2.75) is 64.2 Å². The number of aryl methyl sites for hydroxylation is 1. The Morgan fingerprint density at radius 3 is 2.38 bits per heavy atom. The monoisotopic (exact) mass is 579 g/mol. The standard InChI is InChI=1S/C32H37NO9/c1-21-12-11-15-24(18-21)25(27(36)16-9-4-5-10-17-34)19-28(37)29(42-22(2)35)30(40-3)31(38)33-26(20-41-32(33)39)23-13-7-6-8-14-23/h6-8,11-15,18-19,26,29-30,34H,4-5,9-10,16-17,20H2,1-3H3/b25-19-/t26-,29-,30+/m1/s1. The van der Waals surface area contributed by atoms with Gasteiger partial charge in [-0.05, 0) is 37.0 Å². The second-order valence-electron chi connectivity index (χ2n) is 10.0. The summed E-state index contributed by atoms with van der Waals surface area (Å²) in [6, 6.07) is 15.0. The smallest absolute Gasteiger partial charge is 0.417 e. The van der Waals surface area contributed by atoms with Crippen molar-refractivity contribution in [1.82, 2.24) is 4.90 Å². The van der Waals surface area contributed by atoms with Crippen LogP contribution in [0.1, 0.15) is 61.8 Å². The van der Waals surface area contributed by atoms with Crippen molar-refractivity contribution >= 4 is 35.1 Å². The SMILES string of the molecule is CO[C@H](C(=O)N1C(=O)OC[C@@H]1c1ccccc1)[C@H](OC(C)=O)C(=O)/C=C(\C(=O)CCCCCCO)c1cccc(C)c1. The lowest BCUT2D eigenvalue weighted by molar-refractivity contribution is -0.166. The molecule has 10 nitrogen and oxygen atoms in total. The van der Waals surface area contributed by atoms with Crippen molar-refractivity contribution in [1.29, 1.82) is 0 Å². The van der Waals surface area contributed by atoms with Crippen molar-refractivity contribution in [3.05, 3.63) is 77.4 Å². The molecular formula is C32H37NO9. The van der Waals surface area contributed by atoms with Crippen molar-refractivity contribution in [2.24, 2.45) is 0 Å². The molecule has 0 bridgehead atoms. The minimum Gasteiger partial charge on any atom is -0.451 e. The second-order valence-corrected chi connectivity index (χ2v) is 10.0. The maximum Gasteiger partial charge on any atom is 0.417 e. The number of ether oxygens (including phenoxy) is 3. The van der Waals surface area contributed by atoms with Gasteiger partial charge in [-0.1, -0.05) is 73.0 Å². The lowest BCUT2D eigenvalue weighted by atomic mass is 9.94. The topological polar surface area (TPSA) is 137 Å². The molecule has 224 valence electrons. The number of allylic oxidation sites excluding steroid dienone is 1. The van der Waals surface area contributed by atoms with Crippen molar-refractivity contribution < 1.29 is 43.3 Å². The van der Waals surface area contributed by atoms with Crippen LogP contribution in [-0.2, 0) is 33.4 Å². The zero-order chi connectivity index (χ0) is 30.6. The van der Waals surface area contributed by atoms with Crippen LogP contribution in [0.25, 0.3) is 5.57 Å². The molecule has 1 saturated heterocycles. The van der Waals surface area contributed by atoms with Crippen LogP contribution in [0.2, 0.25) is 0 Å². The van der Waals surface area contributed by atoms with Gasteiger partial charge in [0.1, 0.15) is 12.6 Å². The quantitative estimate of drug-likeness (QED) is 0.188. The van der Waals surface area contributed by atoms with E-state index >= 15 is 0 Å². The van der Waals surface area contributed by atoms with Gasteiger partial charge in [-0.25, -0.2) is 9.69 Å². The third kappa shape index (κ3) is 8.43. The Morgan fingerprint density at radius 2 is 1.74 bits per heavy atom. The molecule has 1 N–H and O–H groups in total. The maximum atomic E-state index is 13.7.